The average molecular weight is 520 g/mol. The van der Waals surface area contributed by atoms with Crippen LogP contribution >= 0.6 is 0 Å². The van der Waals surface area contributed by atoms with Crippen LogP contribution in [0.15, 0.2) is 53.3 Å². The van der Waals surface area contributed by atoms with Crippen LogP contribution in [0.25, 0.3) is 11.1 Å². The highest BCUT2D eigenvalue weighted by Gasteiger charge is 2.29. The van der Waals surface area contributed by atoms with Crippen molar-refractivity contribution in [2.75, 3.05) is 35.5 Å². The lowest BCUT2D eigenvalue weighted by atomic mass is 9.95. The van der Waals surface area contributed by atoms with Gasteiger partial charge in [-0.25, -0.2) is 0 Å². The molecule has 0 saturated carbocycles. The first-order chi connectivity index (χ1) is 18.4. The zero-order valence-corrected chi connectivity index (χ0v) is 22.4. The molecule has 0 aromatic heterocycles. The number of rotatable bonds is 9. The molecule has 8 nitrogen and oxygen atoms in total. The van der Waals surface area contributed by atoms with E-state index >= 15 is 0 Å². The molecule has 0 bridgehead atoms. The number of aryl methyl sites for hydroxylation is 2. The summed E-state index contributed by atoms with van der Waals surface area (Å²) in [5.74, 6) is 2.40. The second-order valence-corrected chi connectivity index (χ2v) is 8.97. The average Bonchev–Trinajstić information content (AvgIpc) is 3.19. The molecule has 1 unspecified atom stereocenters. The van der Waals surface area contributed by atoms with Crippen molar-refractivity contribution >= 4 is 5.91 Å². The fourth-order valence-corrected chi connectivity index (χ4v) is 4.93. The summed E-state index contributed by atoms with van der Waals surface area (Å²) in [6.07, 6.45) is 2.10. The molecule has 1 atom stereocenters. The summed E-state index contributed by atoms with van der Waals surface area (Å²) in [5, 5.41) is 3.17. The first-order valence-corrected chi connectivity index (χ1v) is 12.4. The van der Waals surface area contributed by atoms with Gasteiger partial charge in [0, 0.05) is 12.0 Å². The Bertz CT molecular complexity index is 1370. The molecule has 0 radical (unpaired) electrons. The van der Waals surface area contributed by atoms with Crippen LogP contribution in [0.4, 0.5) is 0 Å². The Balaban J connectivity index is 1.74. The van der Waals surface area contributed by atoms with Gasteiger partial charge in [0.25, 0.3) is 0 Å². The molecule has 38 heavy (non-hydrogen) atoms. The Morgan fingerprint density at radius 2 is 1.55 bits per heavy atom. The third-order valence-corrected chi connectivity index (χ3v) is 6.86. The summed E-state index contributed by atoms with van der Waals surface area (Å²) in [5.41, 5.74) is 3.99. The van der Waals surface area contributed by atoms with Gasteiger partial charge in [0.15, 0.2) is 17.2 Å². The van der Waals surface area contributed by atoms with E-state index in [-0.39, 0.29) is 17.1 Å². The first kappa shape index (κ1) is 26.9. The Morgan fingerprint density at radius 3 is 2.18 bits per heavy atom. The molecule has 1 N–H and O–H groups in total. The number of methoxy groups -OCH3 is 5. The predicted octanol–water partition coefficient (Wildman–Crippen LogP) is 4.49. The molecular formula is C30H33NO7. The van der Waals surface area contributed by atoms with Crippen LogP contribution in [0.2, 0.25) is 0 Å². The zero-order valence-electron chi connectivity index (χ0n) is 22.4. The molecule has 0 saturated heterocycles. The van der Waals surface area contributed by atoms with E-state index < -0.39 is 6.04 Å². The van der Waals surface area contributed by atoms with Crippen molar-refractivity contribution in [1.82, 2.24) is 5.32 Å². The number of ether oxygens (including phenoxy) is 5. The topological polar surface area (TPSA) is 92.3 Å². The minimum Gasteiger partial charge on any atom is -0.497 e. The lowest BCUT2D eigenvalue weighted by Gasteiger charge is -2.20. The van der Waals surface area contributed by atoms with Crippen LogP contribution in [0.1, 0.15) is 35.6 Å². The molecule has 1 amide bonds. The SMILES string of the molecule is COc1ccc(CCC(=O)NC2CCc3cc(OC)c(OC)c(OC)c3-c3ccc(OC)c(=O)cc32)cc1. The maximum Gasteiger partial charge on any atom is 0.220 e. The molecule has 200 valence electrons. The predicted molar refractivity (Wildman–Crippen MR) is 145 cm³/mol. The van der Waals surface area contributed by atoms with Crippen molar-refractivity contribution in [2.45, 2.75) is 31.7 Å². The summed E-state index contributed by atoms with van der Waals surface area (Å²) >= 11 is 0. The van der Waals surface area contributed by atoms with E-state index in [0.29, 0.717) is 48.5 Å². The third-order valence-electron chi connectivity index (χ3n) is 6.86. The van der Waals surface area contributed by atoms with Crippen LogP contribution in [0.5, 0.6) is 28.7 Å². The minimum absolute atomic E-state index is 0.101. The fraction of sp³-hybridized carbons (Fsp3) is 0.333. The summed E-state index contributed by atoms with van der Waals surface area (Å²) in [6, 6.07) is 14.2. The van der Waals surface area contributed by atoms with E-state index in [1.54, 1.807) is 40.6 Å². The number of benzene rings is 2. The number of fused-ring (bicyclic) bond motifs is 3. The number of hydrogen-bond acceptors (Lipinski definition) is 7. The number of amides is 1. The van der Waals surface area contributed by atoms with Gasteiger partial charge >= 0.3 is 0 Å². The molecule has 3 aromatic rings. The van der Waals surface area contributed by atoms with Gasteiger partial charge in [-0.1, -0.05) is 18.2 Å². The summed E-state index contributed by atoms with van der Waals surface area (Å²) in [6.45, 7) is 0. The van der Waals surface area contributed by atoms with Crippen molar-refractivity contribution in [1.29, 1.82) is 0 Å². The maximum absolute atomic E-state index is 13.1. The normalized spacial score (nSPS) is 13.9. The minimum atomic E-state index is -0.396. The largest absolute Gasteiger partial charge is 0.497 e. The van der Waals surface area contributed by atoms with Crippen LogP contribution < -0.4 is 34.4 Å². The van der Waals surface area contributed by atoms with Crippen molar-refractivity contribution in [2.24, 2.45) is 0 Å². The Hall–Kier alpha value is -4.20. The van der Waals surface area contributed by atoms with Crippen molar-refractivity contribution in [3.05, 3.63) is 75.4 Å². The van der Waals surface area contributed by atoms with E-state index in [9.17, 15) is 9.59 Å². The summed E-state index contributed by atoms with van der Waals surface area (Å²) < 4.78 is 27.6. The Kier molecular flexibility index (Phi) is 8.41. The molecule has 0 heterocycles. The van der Waals surface area contributed by atoms with Crippen LogP contribution in [-0.4, -0.2) is 41.5 Å². The van der Waals surface area contributed by atoms with Gasteiger partial charge in [0.1, 0.15) is 5.75 Å². The van der Waals surface area contributed by atoms with Gasteiger partial charge in [-0.3, -0.25) is 9.59 Å². The third kappa shape index (κ3) is 5.39. The van der Waals surface area contributed by atoms with Gasteiger partial charge in [-0.2, -0.15) is 0 Å². The molecule has 0 fully saturated rings. The maximum atomic E-state index is 13.1. The van der Waals surface area contributed by atoms with Crippen molar-refractivity contribution in [3.63, 3.8) is 0 Å². The van der Waals surface area contributed by atoms with Crippen molar-refractivity contribution in [3.8, 4) is 39.9 Å². The monoisotopic (exact) mass is 519 g/mol. The number of hydrogen-bond donors (Lipinski definition) is 1. The van der Waals surface area contributed by atoms with Gasteiger partial charge in [0.2, 0.25) is 17.1 Å². The molecule has 0 spiro atoms. The molecule has 4 rings (SSSR count). The van der Waals surface area contributed by atoms with Gasteiger partial charge in [-0.05, 0) is 71.8 Å². The Labute approximate surface area is 222 Å². The van der Waals surface area contributed by atoms with E-state index in [1.807, 2.05) is 36.4 Å². The van der Waals surface area contributed by atoms with Crippen molar-refractivity contribution < 1.29 is 28.5 Å². The summed E-state index contributed by atoms with van der Waals surface area (Å²) in [7, 11) is 7.79. The van der Waals surface area contributed by atoms with Gasteiger partial charge < -0.3 is 29.0 Å². The highest BCUT2D eigenvalue weighted by molar-refractivity contribution is 5.84. The van der Waals surface area contributed by atoms with Crippen LogP contribution in [0.3, 0.4) is 0 Å². The molecule has 0 aliphatic heterocycles. The lowest BCUT2D eigenvalue weighted by molar-refractivity contribution is -0.121. The zero-order chi connectivity index (χ0) is 27.2. The lowest BCUT2D eigenvalue weighted by Crippen LogP contribution is -2.29. The molecular weight excluding hydrogens is 486 g/mol. The smallest absolute Gasteiger partial charge is 0.220 e. The second-order valence-electron chi connectivity index (χ2n) is 8.97. The number of carbonyl (C=O) groups is 1. The fourth-order valence-electron chi connectivity index (χ4n) is 4.93. The number of nitrogens with one attached hydrogen (secondary N) is 1. The van der Waals surface area contributed by atoms with E-state index in [1.165, 1.54) is 7.11 Å². The summed E-state index contributed by atoms with van der Waals surface area (Å²) in [4.78, 5) is 26.1. The molecule has 3 aromatic carbocycles. The number of carbonyl (C=O) groups excluding carboxylic acids is 1. The Morgan fingerprint density at radius 1 is 0.842 bits per heavy atom. The highest BCUT2D eigenvalue weighted by atomic mass is 16.5. The standard InChI is InChI=1S/C30H33NO7/c1-34-20-10-6-18(7-11-20)8-15-27(33)31-23-13-9-19-16-26(36-3)29(37-4)30(38-5)28(19)21-12-14-25(35-2)24(32)17-22(21)23/h6-7,10-12,14,16-17,23H,8-9,13,15H2,1-5H3,(H,31,33). The second kappa shape index (κ2) is 11.9. The van der Waals surface area contributed by atoms with Crippen LogP contribution in [0, 0.1) is 0 Å². The highest BCUT2D eigenvalue weighted by Crippen LogP contribution is 2.50. The quantitative estimate of drug-likeness (QED) is 0.445. The molecule has 1 aliphatic carbocycles. The molecule has 8 heteroatoms. The first-order valence-electron chi connectivity index (χ1n) is 12.4. The van der Waals surface area contributed by atoms with Gasteiger partial charge in [0.05, 0.1) is 41.6 Å². The van der Waals surface area contributed by atoms with E-state index in [2.05, 4.69) is 5.32 Å². The van der Waals surface area contributed by atoms with Crippen LogP contribution in [-0.2, 0) is 17.6 Å². The van der Waals surface area contributed by atoms with E-state index in [0.717, 1.165) is 28.0 Å². The van der Waals surface area contributed by atoms with E-state index in [4.69, 9.17) is 23.7 Å². The van der Waals surface area contributed by atoms with Gasteiger partial charge in [-0.15, -0.1) is 0 Å². The molecule has 1 aliphatic rings.